The summed E-state index contributed by atoms with van der Waals surface area (Å²) in [6.07, 6.45) is 0. The molecule has 1 amide bonds. The minimum absolute atomic E-state index is 0.00692. The molecule has 3 nitrogen and oxygen atoms in total. The monoisotopic (exact) mass is 235 g/mol. The first-order valence-electron chi connectivity index (χ1n) is 5.83. The molecule has 0 saturated heterocycles. The van der Waals surface area contributed by atoms with Gasteiger partial charge in [-0.05, 0) is 31.5 Å². The first-order chi connectivity index (χ1) is 7.86. The highest BCUT2D eigenvalue weighted by molar-refractivity contribution is 5.78. The zero-order valence-corrected chi connectivity index (χ0v) is 11.2. The van der Waals surface area contributed by atoms with Crippen molar-refractivity contribution < 1.29 is 9.53 Å². The van der Waals surface area contributed by atoms with E-state index in [0.29, 0.717) is 0 Å². The second kappa shape index (κ2) is 5.21. The van der Waals surface area contributed by atoms with Crippen LogP contribution in [-0.4, -0.2) is 13.0 Å². The third-order valence-corrected chi connectivity index (χ3v) is 2.77. The van der Waals surface area contributed by atoms with Crippen LogP contribution < -0.4 is 10.1 Å². The SMILES string of the molecule is COc1ccc(C(C)(C)NC(=O)C(C)C)cc1. The van der Waals surface area contributed by atoms with Crippen molar-refractivity contribution in [3.8, 4) is 5.75 Å². The number of methoxy groups -OCH3 is 1. The topological polar surface area (TPSA) is 38.3 Å². The van der Waals surface area contributed by atoms with Gasteiger partial charge in [-0.3, -0.25) is 4.79 Å². The largest absolute Gasteiger partial charge is 0.497 e. The lowest BCUT2D eigenvalue weighted by Gasteiger charge is -2.28. The van der Waals surface area contributed by atoms with Crippen LogP contribution in [-0.2, 0) is 10.3 Å². The summed E-state index contributed by atoms with van der Waals surface area (Å²) in [6, 6.07) is 7.75. The molecule has 1 rings (SSSR count). The molecule has 94 valence electrons. The molecule has 3 heteroatoms. The molecule has 17 heavy (non-hydrogen) atoms. The summed E-state index contributed by atoms with van der Waals surface area (Å²) in [5.41, 5.74) is 0.695. The van der Waals surface area contributed by atoms with E-state index in [-0.39, 0.29) is 17.4 Å². The van der Waals surface area contributed by atoms with Crippen LogP contribution in [0.5, 0.6) is 5.75 Å². The number of ether oxygens (including phenoxy) is 1. The van der Waals surface area contributed by atoms with Crippen LogP contribution in [0.15, 0.2) is 24.3 Å². The number of amides is 1. The van der Waals surface area contributed by atoms with Gasteiger partial charge in [-0.15, -0.1) is 0 Å². The van der Waals surface area contributed by atoms with Crippen molar-refractivity contribution >= 4 is 5.91 Å². The van der Waals surface area contributed by atoms with E-state index in [1.165, 1.54) is 0 Å². The fourth-order valence-electron chi connectivity index (χ4n) is 1.53. The molecule has 0 spiro atoms. The fraction of sp³-hybridized carbons (Fsp3) is 0.500. The highest BCUT2D eigenvalue weighted by Gasteiger charge is 2.23. The van der Waals surface area contributed by atoms with E-state index in [4.69, 9.17) is 4.74 Å². The first kappa shape index (κ1) is 13.6. The molecule has 1 aromatic rings. The van der Waals surface area contributed by atoms with Gasteiger partial charge in [-0.25, -0.2) is 0 Å². The third-order valence-electron chi connectivity index (χ3n) is 2.77. The molecule has 0 heterocycles. The van der Waals surface area contributed by atoms with Gasteiger partial charge in [0.1, 0.15) is 5.75 Å². The molecule has 0 aliphatic rings. The number of hydrogen-bond acceptors (Lipinski definition) is 2. The van der Waals surface area contributed by atoms with Gasteiger partial charge < -0.3 is 10.1 Å². The van der Waals surface area contributed by atoms with Crippen molar-refractivity contribution in [2.45, 2.75) is 33.2 Å². The Morgan fingerprint density at radius 3 is 2.18 bits per heavy atom. The summed E-state index contributed by atoms with van der Waals surface area (Å²) in [5, 5.41) is 3.03. The van der Waals surface area contributed by atoms with Gasteiger partial charge in [0.2, 0.25) is 5.91 Å². The number of rotatable bonds is 4. The van der Waals surface area contributed by atoms with Crippen molar-refractivity contribution in [2.75, 3.05) is 7.11 Å². The average molecular weight is 235 g/mol. The van der Waals surface area contributed by atoms with E-state index in [2.05, 4.69) is 5.32 Å². The van der Waals surface area contributed by atoms with Crippen molar-refractivity contribution in [3.05, 3.63) is 29.8 Å². The smallest absolute Gasteiger partial charge is 0.223 e. The Morgan fingerprint density at radius 1 is 1.24 bits per heavy atom. The van der Waals surface area contributed by atoms with Crippen molar-refractivity contribution in [3.63, 3.8) is 0 Å². The van der Waals surface area contributed by atoms with E-state index >= 15 is 0 Å². The standard InChI is InChI=1S/C14H21NO2/c1-10(2)13(16)15-14(3,4)11-6-8-12(17-5)9-7-11/h6-10H,1-5H3,(H,15,16). The zero-order valence-electron chi connectivity index (χ0n) is 11.2. The summed E-state index contributed by atoms with van der Waals surface area (Å²) in [6.45, 7) is 7.77. The summed E-state index contributed by atoms with van der Waals surface area (Å²) >= 11 is 0. The second-order valence-electron chi connectivity index (χ2n) is 5.00. The molecule has 0 saturated carbocycles. The van der Waals surface area contributed by atoms with Crippen molar-refractivity contribution in [1.82, 2.24) is 5.32 Å². The van der Waals surface area contributed by atoms with E-state index in [1.54, 1.807) is 7.11 Å². The van der Waals surface area contributed by atoms with Gasteiger partial charge in [0, 0.05) is 5.92 Å². The van der Waals surface area contributed by atoms with Crippen LogP contribution in [0, 0.1) is 5.92 Å². The maximum atomic E-state index is 11.7. The molecule has 0 bridgehead atoms. The minimum atomic E-state index is -0.367. The predicted octanol–water partition coefficient (Wildman–Crippen LogP) is 2.70. The van der Waals surface area contributed by atoms with Gasteiger partial charge in [0.25, 0.3) is 0 Å². The highest BCUT2D eigenvalue weighted by atomic mass is 16.5. The Bertz CT molecular complexity index is 380. The third kappa shape index (κ3) is 3.48. The lowest BCUT2D eigenvalue weighted by molar-refractivity contribution is -0.125. The number of carbonyl (C=O) groups is 1. The van der Waals surface area contributed by atoms with Gasteiger partial charge in [-0.2, -0.15) is 0 Å². The molecule has 1 N–H and O–H groups in total. The predicted molar refractivity (Wildman–Crippen MR) is 69.0 cm³/mol. The summed E-state index contributed by atoms with van der Waals surface area (Å²) in [5.74, 6) is 0.873. The Balaban J connectivity index is 2.84. The molecule has 0 radical (unpaired) electrons. The molecule has 0 atom stereocenters. The molecular formula is C14H21NO2. The van der Waals surface area contributed by atoms with Gasteiger partial charge in [-0.1, -0.05) is 26.0 Å². The number of nitrogens with one attached hydrogen (secondary N) is 1. The zero-order chi connectivity index (χ0) is 13.1. The highest BCUT2D eigenvalue weighted by Crippen LogP contribution is 2.23. The van der Waals surface area contributed by atoms with Gasteiger partial charge in [0.05, 0.1) is 12.6 Å². The molecule has 1 aromatic carbocycles. The Kier molecular flexibility index (Phi) is 4.16. The maximum Gasteiger partial charge on any atom is 0.223 e. The molecule has 0 unspecified atom stereocenters. The molecular weight excluding hydrogens is 214 g/mol. The van der Waals surface area contributed by atoms with Crippen LogP contribution in [0.25, 0.3) is 0 Å². The summed E-state index contributed by atoms with van der Waals surface area (Å²) in [4.78, 5) is 11.7. The Morgan fingerprint density at radius 2 is 1.76 bits per heavy atom. The first-order valence-corrected chi connectivity index (χ1v) is 5.83. The van der Waals surface area contributed by atoms with E-state index < -0.39 is 0 Å². The lowest BCUT2D eigenvalue weighted by Crippen LogP contribution is -2.42. The van der Waals surface area contributed by atoms with Crippen LogP contribution >= 0.6 is 0 Å². The van der Waals surface area contributed by atoms with Gasteiger partial charge >= 0.3 is 0 Å². The number of hydrogen-bond donors (Lipinski definition) is 1. The Labute approximate surface area is 103 Å². The van der Waals surface area contributed by atoms with Crippen LogP contribution in [0.1, 0.15) is 33.3 Å². The molecule has 0 aliphatic heterocycles. The van der Waals surface area contributed by atoms with Crippen molar-refractivity contribution in [2.24, 2.45) is 5.92 Å². The summed E-state index contributed by atoms with van der Waals surface area (Å²) in [7, 11) is 1.64. The molecule has 0 aromatic heterocycles. The quantitative estimate of drug-likeness (QED) is 0.871. The van der Waals surface area contributed by atoms with E-state index in [9.17, 15) is 4.79 Å². The Hall–Kier alpha value is -1.51. The van der Waals surface area contributed by atoms with Crippen LogP contribution in [0.3, 0.4) is 0 Å². The van der Waals surface area contributed by atoms with Crippen molar-refractivity contribution in [1.29, 1.82) is 0 Å². The molecule has 0 fully saturated rings. The second-order valence-corrected chi connectivity index (χ2v) is 5.00. The summed E-state index contributed by atoms with van der Waals surface area (Å²) < 4.78 is 5.11. The number of carbonyl (C=O) groups excluding carboxylic acids is 1. The van der Waals surface area contributed by atoms with Gasteiger partial charge in [0.15, 0.2) is 0 Å². The van der Waals surface area contributed by atoms with E-state index in [1.807, 2.05) is 52.0 Å². The normalized spacial score (nSPS) is 11.4. The maximum absolute atomic E-state index is 11.7. The minimum Gasteiger partial charge on any atom is -0.497 e. The van der Waals surface area contributed by atoms with E-state index in [0.717, 1.165) is 11.3 Å². The van der Waals surface area contributed by atoms with Crippen LogP contribution in [0.2, 0.25) is 0 Å². The van der Waals surface area contributed by atoms with Crippen LogP contribution in [0.4, 0.5) is 0 Å². The molecule has 0 aliphatic carbocycles. The lowest BCUT2D eigenvalue weighted by atomic mass is 9.93. The fourth-order valence-corrected chi connectivity index (χ4v) is 1.53. The average Bonchev–Trinajstić information content (AvgIpc) is 2.28. The number of benzene rings is 1.